The molecule has 0 radical (unpaired) electrons. The number of nitrogens with one attached hydrogen (secondary N) is 2. The highest BCUT2D eigenvalue weighted by Crippen LogP contribution is 2.18. The van der Waals surface area contributed by atoms with Crippen molar-refractivity contribution in [3.8, 4) is 0 Å². The molecule has 0 unspecified atom stereocenters. The summed E-state index contributed by atoms with van der Waals surface area (Å²) in [6.07, 6.45) is 2.35. The number of aromatic amines is 1. The van der Waals surface area contributed by atoms with Crippen LogP contribution in [-0.2, 0) is 11.2 Å². The minimum atomic E-state index is -0.826. The summed E-state index contributed by atoms with van der Waals surface area (Å²) in [6, 6.07) is 7.34. The number of H-pyrrole nitrogens is 1. The van der Waals surface area contributed by atoms with E-state index in [4.69, 9.17) is 5.11 Å². The highest BCUT2D eigenvalue weighted by Gasteiger charge is 2.16. The van der Waals surface area contributed by atoms with Crippen LogP contribution in [0.3, 0.4) is 0 Å². The minimum absolute atomic E-state index is 0.482. The molecule has 1 atom stereocenters. The number of carbonyl (C=O) groups is 1. The first kappa shape index (κ1) is 10.7. The quantitative estimate of drug-likeness (QED) is 0.726. The molecule has 0 amide bonds. The van der Waals surface area contributed by atoms with Crippen LogP contribution in [0.15, 0.2) is 30.5 Å². The van der Waals surface area contributed by atoms with Crippen LogP contribution in [0.1, 0.15) is 5.56 Å². The lowest BCUT2D eigenvalue weighted by molar-refractivity contribution is -0.139. The second-order valence-corrected chi connectivity index (χ2v) is 3.74. The molecule has 1 aromatic heterocycles. The summed E-state index contributed by atoms with van der Waals surface area (Å²) in [4.78, 5) is 14.1. The lowest BCUT2D eigenvalue weighted by Gasteiger charge is -2.09. The SMILES string of the molecule is CN[C@H](Cc1c[nH]c2ccccc12)C(=O)O. The fraction of sp³-hybridized carbons (Fsp3) is 0.250. The van der Waals surface area contributed by atoms with E-state index in [0.717, 1.165) is 16.5 Å². The Bertz CT molecular complexity index is 504. The van der Waals surface area contributed by atoms with Crippen molar-refractivity contribution in [3.05, 3.63) is 36.0 Å². The Hall–Kier alpha value is -1.81. The van der Waals surface area contributed by atoms with Gasteiger partial charge in [0.1, 0.15) is 6.04 Å². The van der Waals surface area contributed by atoms with E-state index in [1.165, 1.54) is 0 Å². The van der Waals surface area contributed by atoms with Gasteiger partial charge < -0.3 is 15.4 Å². The number of carboxylic acid groups (broad SMARTS) is 1. The number of aliphatic carboxylic acids is 1. The third kappa shape index (κ3) is 1.92. The molecule has 0 saturated heterocycles. The summed E-state index contributed by atoms with van der Waals surface area (Å²) in [5, 5.41) is 12.8. The van der Waals surface area contributed by atoms with E-state index < -0.39 is 12.0 Å². The molecule has 3 N–H and O–H groups in total. The maximum absolute atomic E-state index is 10.9. The van der Waals surface area contributed by atoms with Gasteiger partial charge in [0.25, 0.3) is 0 Å². The fourth-order valence-electron chi connectivity index (χ4n) is 1.83. The van der Waals surface area contributed by atoms with Gasteiger partial charge in [0.2, 0.25) is 0 Å². The molecule has 4 nitrogen and oxygen atoms in total. The Morgan fingerprint density at radius 2 is 2.25 bits per heavy atom. The second kappa shape index (κ2) is 4.37. The summed E-state index contributed by atoms with van der Waals surface area (Å²) in [6.45, 7) is 0. The van der Waals surface area contributed by atoms with Crippen molar-refractivity contribution in [1.82, 2.24) is 10.3 Å². The molecule has 0 fully saturated rings. The van der Waals surface area contributed by atoms with Gasteiger partial charge in [0.15, 0.2) is 0 Å². The third-order valence-electron chi connectivity index (χ3n) is 2.75. The molecule has 1 aromatic carbocycles. The van der Waals surface area contributed by atoms with E-state index in [2.05, 4.69) is 10.3 Å². The largest absolute Gasteiger partial charge is 0.480 e. The molecule has 4 heteroatoms. The molecule has 2 aromatic rings. The first-order valence-corrected chi connectivity index (χ1v) is 5.17. The van der Waals surface area contributed by atoms with E-state index in [0.29, 0.717) is 6.42 Å². The average molecular weight is 218 g/mol. The molecule has 0 aliphatic rings. The van der Waals surface area contributed by atoms with Crippen molar-refractivity contribution in [1.29, 1.82) is 0 Å². The van der Waals surface area contributed by atoms with Crippen molar-refractivity contribution >= 4 is 16.9 Å². The van der Waals surface area contributed by atoms with Crippen LogP contribution >= 0.6 is 0 Å². The van der Waals surface area contributed by atoms with Gasteiger partial charge in [0.05, 0.1) is 0 Å². The number of benzene rings is 1. The molecule has 16 heavy (non-hydrogen) atoms. The highest BCUT2D eigenvalue weighted by atomic mass is 16.4. The van der Waals surface area contributed by atoms with Crippen LogP contribution in [0.2, 0.25) is 0 Å². The zero-order chi connectivity index (χ0) is 11.5. The smallest absolute Gasteiger partial charge is 0.321 e. The Kier molecular flexibility index (Phi) is 2.92. The van der Waals surface area contributed by atoms with Gasteiger partial charge in [-0.2, -0.15) is 0 Å². The molecule has 0 saturated carbocycles. The minimum Gasteiger partial charge on any atom is -0.480 e. The molecule has 0 bridgehead atoms. The maximum Gasteiger partial charge on any atom is 0.321 e. The lowest BCUT2D eigenvalue weighted by atomic mass is 10.1. The first-order chi connectivity index (χ1) is 7.72. The van der Waals surface area contributed by atoms with Crippen molar-refractivity contribution in [2.24, 2.45) is 0 Å². The number of fused-ring (bicyclic) bond motifs is 1. The van der Waals surface area contributed by atoms with E-state index >= 15 is 0 Å². The van der Waals surface area contributed by atoms with Gasteiger partial charge in [-0.05, 0) is 18.7 Å². The van der Waals surface area contributed by atoms with Gasteiger partial charge in [-0.25, -0.2) is 0 Å². The van der Waals surface area contributed by atoms with Gasteiger partial charge >= 0.3 is 5.97 Å². The predicted molar refractivity (Wildman–Crippen MR) is 62.5 cm³/mol. The molecular weight excluding hydrogens is 204 g/mol. The number of carboxylic acids is 1. The Morgan fingerprint density at radius 1 is 1.50 bits per heavy atom. The zero-order valence-corrected chi connectivity index (χ0v) is 9.03. The monoisotopic (exact) mass is 218 g/mol. The fourth-order valence-corrected chi connectivity index (χ4v) is 1.83. The number of para-hydroxylation sites is 1. The van der Waals surface area contributed by atoms with Crippen LogP contribution in [-0.4, -0.2) is 29.1 Å². The Labute approximate surface area is 93.3 Å². The van der Waals surface area contributed by atoms with Crippen molar-refractivity contribution < 1.29 is 9.90 Å². The summed E-state index contributed by atoms with van der Waals surface area (Å²) in [7, 11) is 1.66. The van der Waals surface area contributed by atoms with Crippen LogP contribution in [0.5, 0.6) is 0 Å². The Balaban J connectivity index is 2.30. The molecule has 0 spiro atoms. The molecule has 2 rings (SSSR count). The summed E-state index contributed by atoms with van der Waals surface area (Å²) >= 11 is 0. The average Bonchev–Trinajstić information content (AvgIpc) is 2.69. The molecule has 1 heterocycles. The Morgan fingerprint density at radius 3 is 2.94 bits per heavy atom. The molecular formula is C12H14N2O2. The topological polar surface area (TPSA) is 65.1 Å². The van der Waals surface area contributed by atoms with E-state index in [9.17, 15) is 4.79 Å². The second-order valence-electron chi connectivity index (χ2n) is 3.74. The van der Waals surface area contributed by atoms with Crippen molar-refractivity contribution in [2.75, 3.05) is 7.05 Å². The number of rotatable bonds is 4. The highest BCUT2D eigenvalue weighted by molar-refractivity contribution is 5.84. The van der Waals surface area contributed by atoms with Gasteiger partial charge in [-0.3, -0.25) is 4.79 Å². The van der Waals surface area contributed by atoms with Gasteiger partial charge in [-0.1, -0.05) is 18.2 Å². The van der Waals surface area contributed by atoms with Gasteiger partial charge in [0, 0.05) is 23.5 Å². The number of hydrogen-bond donors (Lipinski definition) is 3. The number of hydrogen-bond acceptors (Lipinski definition) is 2. The standard InChI is InChI=1S/C12H14N2O2/c1-13-11(12(15)16)6-8-7-14-10-5-3-2-4-9(8)10/h2-5,7,11,13-14H,6H2,1H3,(H,15,16)/t11-/m1/s1. The van der Waals surface area contributed by atoms with E-state index in [1.807, 2.05) is 30.5 Å². The first-order valence-electron chi connectivity index (χ1n) is 5.17. The van der Waals surface area contributed by atoms with Gasteiger partial charge in [-0.15, -0.1) is 0 Å². The van der Waals surface area contributed by atoms with Crippen LogP contribution in [0, 0.1) is 0 Å². The van der Waals surface area contributed by atoms with E-state index in [1.54, 1.807) is 7.05 Å². The molecule has 0 aliphatic carbocycles. The normalized spacial score (nSPS) is 12.8. The predicted octanol–water partition coefficient (Wildman–Crippen LogP) is 1.38. The summed E-state index contributed by atoms with van der Waals surface area (Å²) in [5.74, 6) is -0.826. The van der Waals surface area contributed by atoms with Crippen LogP contribution in [0.25, 0.3) is 10.9 Å². The van der Waals surface area contributed by atoms with Crippen LogP contribution < -0.4 is 5.32 Å². The summed E-state index contributed by atoms with van der Waals surface area (Å²) in [5.41, 5.74) is 2.06. The third-order valence-corrected chi connectivity index (χ3v) is 2.75. The summed E-state index contributed by atoms with van der Waals surface area (Å²) < 4.78 is 0. The van der Waals surface area contributed by atoms with Crippen molar-refractivity contribution in [2.45, 2.75) is 12.5 Å². The molecule has 84 valence electrons. The number of aromatic nitrogens is 1. The maximum atomic E-state index is 10.9. The van der Waals surface area contributed by atoms with E-state index in [-0.39, 0.29) is 0 Å². The molecule has 0 aliphatic heterocycles. The van der Waals surface area contributed by atoms with Crippen molar-refractivity contribution in [3.63, 3.8) is 0 Å². The lowest BCUT2D eigenvalue weighted by Crippen LogP contribution is -2.35. The van der Waals surface area contributed by atoms with Crippen LogP contribution in [0.4, 0.5) is 0 Å². The zero-order valence-electron chi connectivity index (χ0n) is 9.03. The number of likely N-dealkylation sites (N-methyl/N-ethyl adjacent to an activating group) is 1.